The number of para-hydroxylation sites is 1. The molecular formula is C23H15Cl2N3O5. The highest BCUT2D eigenvalue weighted by atomic mass is 35.5. The van der Waals surface area contributed by atoms with Crippen molar-refractivity contribution < 1.29 is 19.2 Å². The Kier molecular flexibility index (Phi) is 6.30. The van der Waals surface area contributed by atoms with Crippen LogP contribution in [0.1, 0.15) is 11.1 Å². The number of amides is 2. The van der Waals surface area contributed by atoms with Gasteiger partial charge in [-0.2, -0.15) is 0 Å². The third kappa shape index (κ3) is 4.67. The van der Waals surface area contributed by atoms with E-state index in [4.69, 9.17) is 27.9 Å². The van der Waals surface area contributed by atoms with E-state index in [-0.39, 0.29) is 28.5 Å². The number of hydrazine groups is 1. The van der Waals surface area contributed by atoms with Crippen molar-refractivity contribution in [2.45, 2.75) is 6.61 Å². The minimum atomic E-state index is -0.650. The SMILES string of the molecule is O=C1NN(c2ccccc2)C(=O)C1=Cc1cc(Cl)c(OCc2ccccc2Cl)c([N+](=O)[O-])c1. The second-order valence-corrected chi connectivity index (χ2v) is 7.78. The highest BCUT2D eigenvalue weighted by Crippen LogP contribution is 2.38. The standard InChI is InChI=1S/C23H15Cl2N3O5/c24-18-9-5-4-6-15(18)13-33-21-19(25)11-14(12-20(21)28(31)32)10-17-22(29)26-27(23(17)30)16-7-2-1-3-8-16/h1-12H,13H2,(H,26,29). The summed E-state index contributed by atoms with van der Waals surface area (Å²) in [6, 6.07) is 18.0. The molecule has 0 unspecified atom stereocenters. The molecule has 0 bridgehead atoms. The van der Waals surface area contributed by atoms with Crippen molar-refractivity contribution >= 4 is 52.5 Å². The number of carbonyl (C=O) groups is 2. The number of carbonyl (C=O) groups excluding carboxylic acids is 2. The number of rotatable bonds is 6. The van der Waals surface area contributed by atoms with Crippen molar-refractivity contribution in [1.82, 2.24) is 5.43 Å². The number of hydrogen-bond acceptors (Lipinski definition) is 5. The molecular weight excluding hydrogens is 469 g/mol. The minimum absolute atomic E-state index is 0.0341. The molecule has 1 aliphatic heterocycles. The van der Waals surface area contributed by atoms with Crippen LogP contribution in [0.25, 0.3) is 6.08 Å². The first-order valence-electron chi connectivity index (χ1n) is 9.61. The fourth-order valence-electron chi connectivity index (χ4n) is 3.21. The monoisotopic (exact) mass is 483 g/mol. The maximum absolute atomic E-state index is 12.8. The van der Waals surface area contributed by atoms with Gasteiger partial charge in [0.2, 0.25) is 5.75 Å². The molecule has 3 aromatic rings. The minimum Gasteiger partial charge on any atom is -0.481 e. The molecule has 166 valence electrons. The number of nitro groups is 1. The van der Waals surface area contributed by atoms with E-state index >= 15 is 0 Å². The molecule has 0 aromatic heterocycles. The summed E-state index contributed by atoms with van der Waals surface area (Å²) in [7, 11) is 0. The Morgan fingerprint density at radius 1 is 1.00 bits per heavy atom. The van der Waals surface area contributed by atoms with Crippen LogP contribution in [0.5, 0.6) is 5.75 Å². The van der Waals surface area contributed by atoms with Gasteiger partial charge in [-0.15, -0.1) is 0 Å². The molecule has 8 nitrogen and oxygen atoms in total. The van der Waals surface area contributed by atoms with E-state index in [0.29, 0.717) is 16.3 Å². The lowest BCUT2D eigenvalue weighted by Crippen LogP contribution is -2.35. The fraction of sp³-hybridized carbons (Fsp3) is 0.0435. The number of anilines is 1. The topological polar surface area (TPSA) is 102 Å². The molecule has 0 radical (unpaired) electrons. The second kappa shape index (κ2) is 9.32. The fourth-order valence-corrected chi connectivity index (χ4v) is 3.68. The Hall–Kier alpha value is -3.88. The number of nitro benzene ring substituents is 1. The zero-order valence-corrected chi connectivity index (χ0v) is 18.3. The van der Waals surface area contributed by atoms with E-state index in [1.165, 1.54) is 18.2 Å². The van der Waals surface area contributed by atoms with Gasteiger partial charge < -0.3 is 4.74 Å². The van der Waals surface area contributed by atoms with Gasteiger partial charge in [-0.3, -0.25) is 25.1 Å². The van der Waals surface area contributed by atoms with Crippen LogP contribution in [0, 0.1) is 10.1 Å². The van der Waals surface area contributed by atoms with Crippen LogP contribution in [-0.4, -0.2) is 16.7 Å². The number of nitrogens with one attached hydrogen (secondary N) is 1. The lowest BCUT2D eigenvalue weighted by atomic mass is 10.1. The van der Waals surface area contributed by atoms with Gasteiger partial charge in [0.15, 0.2) is 0 Å². The largest absolute Gasteiger partial charge is 0.481 e. The predicted molar refractivity (Wildman–Crippen MR) is 124 cm³/mol. The molecule has 1 fully saturated rings. The van der Waals surface area contributed by atoms with Crippen LogP contribution in [0.2, 0.25) is 10.0 Å². The van der Waals surface area contributed by atoms with Gasteiger partial charge in [-0.05, 0) is 35.9 Å². The summed E-state index contributed by atoms with van der Waals surface area (Å²) >= 11 is 12.4. The van der Waals surface area contributed by atoms with Crippen LogP contribution in [0.15, 0.2) is 72.3 Å². The van der Waals surface area contributed by atoms with E-state index in [1.54, 1.807) is 54.6 Å². The molecule has 1 saturated heterocycles. The summed E-state index contributed by atoms with van der Waals surface area (Å²) in [6.07, 6.45) is 1.25. The Bertz CT molecular complexity index is 1290. The highest BCUT2D eigenvalue weighted by molar-refractivity contribution is 6.33. The molecule has 0 aliphatic carbocycles. The van der Waals surface area contributed by atoms with Crippen LogP contribution in [0.3, 0.4) is 0 Å². The Labute approximate surface area is 198 Å². The molecule has 1 heterocycles. The van der Waals surface area contributed by atoms with Gasteiger partial charge in [0.25, 0.3) is 11.8 Å². The molecule has 4 rings (SSSR count). The number of nitrogens with zero attached hydrogens (tertiary/aromatic N) is 2. The maximum Gasteiger partial charge on any atom is 0.313 e. The zero-order chi connectivity index (χ0) is 23.5. The summed E-state index contributed by atoms with van der Waals surface area (Å²) in [4.78, 5) is 36.2. The number of benzene rings is 3. The van der Waals surface area contributed by atoms with Crippen LogP contribution < -0.4 is 15.2 Å². The van der Waals surface area contributed by atoms with E-state index < -0.39 is 22.4 Å². The van der Waals surface area contributed by atoms with Crippen molar-refractivity contribution in [3.05, 3.63) is 104 Å². The average Bonchev–Trinajstić information content (AvgIpc) is 3.08. The summed E-state index contributed by atoms with van der Waals surface area (Å²) in [5, 5.41) is 13.2. The van der Waals surface area contributed by atoms with Crippen LogP contribution in [-0.2, 0) is 16.2 Å². The molecule has 10 heteroatoms. The quantitative estimate of drug-likeness (QED) is 0.231. The van der Waals surface area contributed by atoms with Crippen molar-refractivity contribution in [3.8, 4) is 5.75 Å². The molecule has 0 saturated carbocycles. The Balaban J connectivity index is 1.64. The molecule has 0 spiro atoms. The summed E-state index contributed by atoms with van der Waals surface area (Å²) in [5.74, 6) is -1.37. The van der Waals surface area contributed by atoms with Gasteiger partial charge in [0.05, 0.1) is 15.6 Å². The number of halogens is 2. The van der Waals surface area contributed by atoms with E-state index in [2.05, 4.69) is 5.43 Å². The lowest BCUT2D eigenvalue weighted by molar-refractivity contribution is -0.385. The van der Waals surface area contributed by atoms with Crippen LogP contribution >= 0.6 is 23.2 Å². The first-order chi connectivity index (χ1) is 15.8. The second-order valence-electron chi connectivity index (χ2n) is 6.96. The molecule has 1 aliphatic rings. The molecule has 33 heavy (non-hydrogen) atoms. The maximum atomic E-state index is 12.8. The van der Waals surface area contributed by atoms with Gasteiger partial charge in [-0.1, -0.05) is 59.6 Å². The Morgan fingerprint density at radius 2 is 1.70 bits per heavy atom. The summed E-state index contributed by atoms with van der Waals surface area (Å²) in [5.41, 5.74) is 3.18. The normalized spacial score (nSPS) is 14.5. The van der Waals surface area contributed by atoms with Gasteiger partial charge in [-0.25, -0.2) is 5.01 Å². The van der Waals surface area contributed by atoms with Crippen LogP contribution in [0.4, 0.5) is 11.4 Å². The zero-order valence-electron chi connectivity index (χ0n) is 16.8. The molecule has 2 amide bonds. The molecule has 1 N–H and O–H groups in total. The van der Waals surface area contributed by atoms with Gasteiger partial charge in [0.1, 0.15) is 12.2 Å². The molecule has 0 atom stereocenters. The third-order valence-corrected chi connectivity index (χ3v) is 5.44. The van der Waals surface area contributed by atoms with Gasteiger partial charge >= 0.3 is 5.69 Å². The van der Waals surface area contributed by atoms with Crippen molar-refractivity contribution in [2.24, 2.45) is 0 Å². The molecule has 3 aromatic carbocycles. The first-order valence-corrected chi connectivity index (χ1v) is 10.4. The summed E-state index contributed by atoms with van der Waals surface area (Å²) in [6.45, 7) is -0.0341. The smallest absolute Gasteiger partial charge is 0.313 e. The highest BCUT2D eigenvalue weighted by Gasteiger charge is 2.34. The average molecular weight is 484 g/mol. The van der Waals surface area contributed by atoms with Crippen molar-refractivity contribution in [2.75, 3.05) is 5.01 Å². The Morgan fingerprint density at radius 3 is 2.39 bits per heavy atom. The van der Waals surface area contributed by atoms with E-state index in [9.17, 15) is 19.7 Å². The first kappa shape index (κ1) is 22.3. The van der Waals surface area contributed by atoms with Gasteiger partial charge in [0, 0.05) is 16.7 Å². The number of ether oxygens (including phenoxy) is 1. The van der Waals surface area contributed by atoms with Crippen molar-refractivity contribution in [3.63, 3.8) is 0 Å². The van der Waals surface area contributed by atoms with Crippen molar-refractivity contribution in [1.29, 1.82) is 0 Å². The van der Waals surface area contributed by atoms with E-state index in [0.717, 1.165) is 5.01 Å². The lowest BCUT2D eigenvalue weighted by Gasteiger charge is -2.13. The predicted octanol–water partition coefficient (Wildman–Crippen LogP) is 4.94. The third-order valence-electron chi connectivity index (χ3n) is 4.79. The van der Waals surface area contributed by atoms with E-state index in [1.807, 2.05) is 0 Å². The summed E-state index contributed by atoms with van der Waals surface area (Å²) < 4.78 is 5.61. The number of hydrogen-bond donors (Lipinski definition) is 1.